The molecule has 19 heavy (non-hydrogen) atoms. The van der Waals surface area contributed by atoms with Crippen molar-refractivity contribution in [2.24, 2.45) is 5.41 Å². The predicted octanol–water partition coefficient (Wildman–Crippen LogP) is 3.34. The zero-order chi connectivity index (χ0) is 13.6. The second-order valence-corrected chi connectivity index (χ2v) is 6.13. The highest BCUT2D eigenvalue weighted by Crippen LogP contribution is 2.36. The van der Waals surface area contributed by atoms with Gasteiger partial charge in [-0.1, -0.05) is 19.9 Å². The molecule has 2 heterocycles. The standard InChI is InChI=1S/C16H18N2O/c1-11-5-4-7-17-15(11)18-8-6-12-13(18)9-16(2,3)10-14(12)19/h4-8H,9-10H2,1-3H3. The van der Waals surface area contributed by atoms with Crippen LogP contribution in [0.5, 0.6) is 0 Å². The lowest BCUT2D eigenvalue weighted by Crippen LogP contribution is -2.28. The summed E-state index contributed by atoms with van der Waals surface area (Å²) in [5, 5.41) is 0. The Morgan fingerprint density at radius 1 is 1.26 bits per heavy atom. The Hall–Kier alpha value is -1.90. The molecule has 3 rings (SSSR count). The Balaban J connectivity index is 2.17. The van der Waals surface area contributed by atoms with E-state index < -0.39 is 0 Å². The number of hydrogen-bond acceptors (Lipinski definition) is 2. The monoisotopic (exact) mass is 254 g/mol. The minimum Gasteiger partial charge on any atom is -0.305 e. The Kier molecular flexibility index (Phi) is 2.59. The fourth-order valence-electron chi connectivity index (χ4n) is 2.87. The van der Waals surface area contributed by atoms with Crippen molar-refractivity contribution in [3.8, 4) is 5.82 Å². The molecule has 0 aliphatic heterocycles. The molecule has 0 saturated carbocycles. The second-order valence-electron chi connectivity index (χ2n) is 6.13. The Bertz CT molecular complexity index is 653. The van der Waals surface area contributed by atoms with E-state index in [4.69, 9.17) is 0 Å². The molecule has 3 heteroatoms. The summed E-state index contributed by atoms with van der Waals surface area (Å²) in [5.41, 5.74) is 3.12. The number of aromatic nitrogens is 2. The smallest absolute Gasteiger partial charge is 0.165 e. The van der Waals surface area contributed by atoms with Gasteiger partial charge in [-0.25, -0.2) is 4.98 Å². The number of rotatable bonds is 1. The highest BCUT2D eigenvalue weighted by atomic mass is 16.1. The van der Waals surface area contributed by atoms with E-state index in [-0.39, 0.29) is 11.2 Å². The average molecular weight is 254 g/mol. The summed E-state index contributed by atoms with van der Waals surface area (Å²) in [4.78, 5) is 16.7. The number of nitrogens with zero attached hydrogens (tertiary/aromatic N) is 2. The van der Waals surface area contributed by atoms with Crippen LogP contribution in [-0.4, -0.2) is 15.3 Å². The van der Waals surface area contributed by atoms with Crippen molar-refractivity contribution in [2.45, 2.75) is 33.6 Å². The van der Waals surface area contributed by atoms with Gasteiger partial charge >= 0.3 is 0 Å². The molecule has 98 valence electrons. The lowest BCUT2D eigenvalue weighted by molar-refractivity contribution is 0.0911. The first-order valence-corrected chi connectivity index (χ1v) is 6.63. The van der Waals surface area contributed by atoms with Crippen molar-refractivity contribution in [2.75, 3.05) is 0 Å². The van der Waals surface area contributed by atoms with Crippen LogP contribution in [0.4, 0.5) is 0 Å². The largest absolute Gasteiger partial charge is 0.305 e. The minimum absolute atomic E-state index is 0.0306. The molecular weight excluding hydrogens is 236 g/mol. The summed E-state index contributed by atoms with van der Waals surface area (Å²) < 4.78 is 2.07. The molecular formula is C16H18N2O. The fraction of sp³-hybridized carbons (Fsp3) is 0.375. The van der Waals surface area contributed by atoms with E-state index in [2.05, 4.69) is 23.4 Å². The lowest BCUT2D eigenvalue weighted by Gasteiger charge is -2.29. The van der Waals surface area contributed by atoms with Crippen molar-refractivity contribution >= 4 is 5.78 Å². The summed E-state index contributed by atoms with van der Waals surface area (Å²) in [6.07, 6.45) is 5.31. The van der Waals surface area contributed by atoms with Gasteiger partial charge in [0.1, 0.15) is 5.82 Å². The molecule has 0 bridgehead atoms. The van der Waals surface area contributed by atoms with Crippen molar-refractivity contribution in [1.29, 1.82) is 0 Å². The Labute approximate surface area is 113 Å². The van der Waals surface area contributed by atoms with E-state index in [0.717, 1.165) is 29.1 Å². The Morgan fingerprint density at radius 2 is 2.05 bits per heavy atom. The highest BCUT2D eigenvalue weighted by Gasteiger charge is 2.33. The van der Waals surface area contributed by atoms with Gasteiger partial charge < -0.3 is 4.57 Å². The van der Waals surface area contributed by atoms with Gasteiger partial charge in [-0.15, -0.1) is 0 Å². The molecule has 0 spiro atoms. The van der Waals surface area contributed by atoms with Crippen LogP contribution in [0, 0.1) is 12.3 Å². The van der Waals surface area contributed by atoms with Gasteiger partial charge in [-0.3, -0.25) is 4.79 Å². The minimum atomic E-state index is 0.0306. The van der Waals surface area contributed by atoms with Gasteiger partial charge in [-0.05, 0) is 36.5 Å². The summed E-state index contributed by atoms with van der Waals surface area (Å²) in [6.45, 7) is 6.34. The molecule has 3 nitrogen and oxygen atoms in total. The molecule has 0 amide bonds. The zero-order valence-corrected chi connectivity index (χ0v) is 11.6. The molecule has 0 N–H and O–H groups in total. The first-order valence-electron chi connectivity index (χ1n) is 6.63. The summed E-state index contributed by atoms with van der Waals surface area (Å²) in [7, 11) is 0. The van der Waals surface area contributed by atoms with E-state index in [1.807, 2.05) is 31.3 Å². The third-order valence-electron chi connectivity index (χ3n) is 3.79. The fourth-order valence-corrected chi connectivity index (χ4v) is 2.87. The van der Waals surface area contributed by atoms with Crippen LogP contribution in [0.1, 0.15) is 41.9 Å². The van der Waals surface area contributed by atoms with Gasteiger partial charge in [0.15, 0.2) is 5.78 Å². The van der Waals surface area contributed by atoms with Gasteiger partial charge in [0.25, 0.3) is 0 Å². The number of fused-ring (bicyclic) bond motifs is 1. The predicted molar refractivity (Wildman–Crippen MR) is 74.7 cm³/mol. The SMILES string of the molecule is Cc1cccnc1-n1ccc2c1CC(C)(C)CC2=O. The number of aryl methyl sites for hydroxylation is 1. The van der Waals surface area contributed by atoms with E-state index in [1.165, 1.54) is 0 Å². The number of carbonyl (C=O) groups is 1. The van der Waals surface area contributed by atoms with Gasteiger partial charge in [-0.2, -0.15) is 0 Å². The zero-order valence-electron chi connectivity index (χ0n) is 11.6. The lowest BCUT2D eigenvalue weighted by atomic mass is 9.76. The molecule has 0 saturated heterocycles. The van der Waals surface area contributed by atoms with Crippen LogP contribution >= 0.6 is 0 Å². The third-order valence-corrected chi connectivity index (χ3v) is 3.79. The first-order chi connectivity index (χ1) is 8.98. The van der Waals surface area contributed by atoms with Crippen LogP contribution in [0.2, 0.25) is 0 Å². The molecule has 2 aromatic rings. The molecule has 0 radical (unpaired) electrons. The van der Waals surface area contributed by atoms with Crippen molar-refractivity contribution in [1.82, 2.24) is 9.55 Å². The maximum absolute atomic E-state index is 12.2. The molecule has 0 atom stereocenters. The highest BCUT2D eigenvalue weighted by molar-refractivity contribution is 5.99. The van der Waals surface area contributed by atoms with Gasteiger partial charge in [0, 0.05) is 30.1 Å². The van der Waals surface area contributed by atoms with E-state index in [0.29, 0.717) is 6.42 Å². The van der Waals surface area contributed by atoms with E-state index in [1.54, 1.807) is 6.20 Å². The topological polar surface area (TPSA) is 34.9 Å². The van der Waals surface area contributed by atoms with Crippen LogP contribution in [0.25, 0.3) is 5.82 Å². The van der Waals surface area contributed by atoms with E-state index >= 15 is 0 Å². The maximum Gasteiger partial charge on any atom is 0.165 e. The normalized spacial score (nSPS) is 17.3. The van der Waals surface area contributed by atoms with Crippen molar-refractivity contribution in [3.05, 3.63) is 47.4 Å². The molecule has 1 aliphatic rings. The van der Waals surface area contributed by atoms with E-state index in [9.17, 15) is 4.79 Å². The van der Waals surface area contributed by atoms with Crippen LogP contribution < -0.4 is 0 Å². The first kappa shape index (κ1) is 12.2. The molecule has 2 aromatic heterocycles. The van der Waals surface area contributed by atoms with Crippen LogP contribution in [-0.2, 0) is 6.42 Å². The van der Waals surface area contributed by atoms with Crippen LogP contribution in [0.3, 0.4) is 0 Å². The molecule has 0 fully saturated rings. The van der Waals surface area contributed by atoms with Crippen LogP contribution in [0.15, 0.2) is 30.6 Å². The molecule has 0 unspecified atom stereocenters. The summed E-state index contributed by atoms with van der Waals surface area (Å²) >= 11 is 0. The van der Waals surface area contributed by atoms with Gasteiger partial charge in [0.05, 0.1) is 0 Å². The number of pyridine rings is 1. The van der Waals surface area contributed by atoms with Crippen molar-refractivity contribution in [3.63, 3.8) is 0 Å². The van der Waals surface area contributed by atoms with Crippen molar-refractivity contribution < 1.29 is 4.79 Å². The summed E-state index contributed by atoms with van der Waals surface area (Å²) in [6, 6.07) is 5.91. The quantitative estimate of drug-likeness (QED) is 0.782. The Morgan fingerprint density at radius 3 is 2.79 bits per heavy atom. The maximum atomic E-state index is 12.2. The molecule has 0 aromatic carbocycles. The average Bonchev–Trinajstić information content (AvgIpc) is 2.72. The number of ketones is 1. The number of hydrogen-bond donors (Lipinski definition) is 0. The number of carbonyl (C=O) groups excluding carboxylic acids is 1. The second kappa shape index (κ2) is 4.05. The van der Waals surface area contributed by atoms with Gasteiger partial charge in [0.2, 0.25) is 0 Å². The summed E-state index contributed by atoms with van der Waals surface area (Å²) in [5.74, 6) is 1.17. The molecule has 1 aliphatic carbocycles. The third kappa shape index (κ3) is 1.99. The number of Topliss-reactive ketones (excluding diaryl/α,β-unsaturated/α-hetero) is 1.